The molecule has 4 nitrogen and oxygen atoms in total. The number of nitrogens with one attached hydrogen (secondary N) is 2. The van der Waals surface area contributed by atoms with Crippen molar-refractivity contribution in [3.05, 3.63) is 23.3 Å². The normalized spacial score (nSPS) is 37.8. The van der Waals surface area contributed by atoms with Gasteiger partial charge in [-0.1, -0.05) is 30.2 Å². The van der Waals surface area contributed by atoms with Gasteiger partial charge in [0.1, 0.15) is 0 Å². The summed E-state index contributed by atoms with van der Waals surface area (Å²) in [4.78, 5) is 2.58. The third-order valence-corrected chi connectivity index (χ3v) is 5.89. The molecule has 4 atom stereocenters. The Kier molecular flexibility index (Phi) is 4.86. The topological polar surface area (TPSA) is 36.5 Å². The molecule has 4 heteroatoms. The van der Waals surface area contributed by atoms with E-state index in [2.05, 4.69) is 34.6 Å². The summed E-state index contributed by atoms with van der Waals surface area (Å²) in [5.74, 6) is 1.42. The number of rotatable bonds is 5. The van der Waals surface area contributed by atoms with Gasteiger partial charge in [-0.2, -0.15) is 0 Å². The first-order valence-corrected chi connectivity index (χ1v) is 9.51. The van der Waals surface area contributed by atoms with Gasteiger partial charge in [0.05, 0.1) is 25.5 Å². The molecular weight excluding hydrogens is 286 g/mol. The molecule has 128 valence electrons. The third-order valence-electron chi connectivity index (χ3n) is 5.89. The van der Waals surface area contributed by atoms with E-state index in [0.717, 1.165) is 38.8 Å². The molecule has 4 rings (SSSR count). The van der Waals surface area contributed by atoms with Crippen molar-refractivity contribution in [3.8, 4) is 0 Å². The maximum absolute atomic E-state index is 5.50. The number of nitrogens with zero attached hydrogens (tertiary/aromatic N) is 1. The standard InChI is InChI=1S/C19H31N3O/c1-14-13-20-18(21-19(14)22-7-9-23-10-8-22)4-2-3-15-5-6-16-12-17(16)11-15/h11-12,14,17-21H,2-10,13H2,1H3/t14-,17?,18?,19?/m0/s1. The van der Waals surface area contributed by atoms with Crippen molar-refractivity contribution in [2.75, 3.05) is 32.8 Å². The molecule has 0 bridgehead atoms. The van der Waals surface area contributed by atoms with E-state index in [0.29, 0.717) is 18.2 Å². The lowest BCUT2D eigenvalue weighted by Crippen LogP contribution is -2.64. The first kappa shape index (κ1) is 15.8. The van der Waals surface area contributed by atoms with E-state index in [-0.39, 0.29) is 0 Å². The van der Waals surface area contributed by atoms with Crippen LogP contribution in [0.2, 0.25) is 0 Å². The lowest BCUT2D eigenvalue weighted by Gasteiger charge is -2.44. The second kappa shape index (κ2) is 7.06. The van der Waals surface area contributed by atoms with Crippen LogP contribution in [-0.4, -0.2) is 50.1 Å². The molecule has 0 aromatic carbocycles. The minimum atomic E-state index is 0.470. The van der Waals surface area contributed by atoms with Gasteiger partial charge in [0, 0.05) is 25.6 Å². The SMILES string of the molecule is C[C@H]1CNC(CCCC2=CC3C=C3CC2)NC1N1CCOCC1. The highest BCUT2D eigenvalue weighted by Gasteiger charge is 2.31. The van der Waals surface area contributed by atoms with Crippen molar-refractivity contribution in [3.63, 3.8) is 0 Å². The predicted octanol–water partition coefficient (Wildman–Crippen LogP) is 2.25. The molecule has 0 amide bonds. The van der Waals surface area contributed by atoms with Gasteiger partial charge in [0.15, 0.2) is 0 Å². The molecule has 0 aromatic heterocycles. The van der Waals surface area contributed by atoms with E-state index >= 15 is 0 Å². The number of fused-ring (bicyclic) bond motifs is 1. The monoisotopic (exact) mass is 317 g/mol. The molecule has 2 fully saturated rings. The molecule has 0 radical (unpaired) electrons. The molecule has 4 aliphatic rings. The Morgan fingerprint density at radius 2 is 2.09 bits per heavy atom. The minimum absolute atomic E-state index is 0.470. The minimum Gasteiger partial charge on any atom is -0.379 e. The maximum atomic E-state index is 5.50. The van der Waals surface area contributed by atoms with Gasteiger partial charge in [0.2, 0.25) is 0 Å². The summed E-state index contributed by atoms with van der Waals surface area (Å²) in [6.45, 7) is 7.38. The van der Waals surface area contributed by atoms with Gasteiger partial charge in [-0.3, -0.25) is 10.2 Å². The molecule has 2 saturated heterocycles. The fourth-order valence-corrected chi connectivity index (χ4v) is 4.35. The van der Waals surface area contributed by atoms with Gasteiger partial charge in [-0.05, 0) is 38.0 Å². The summed E-state index contributed by atoms with van der Waals surface area (Å²) in [5.41, 5.74) is 3.38. The van der Waals surface area contributed by atoms with Crippen LogP contribution in [-0.2, 0) is 4.74 Å². The third kappa shape index (κ3) is 3.87. The zero-order valence-electron chi connectivity index (χ0n) is 14.4. The number of hydrogen-bond donors (Lipinski definition) is 2. The fourth-order valence-electron chi connectivity index (χ4n) is 4.35. The van der Waals surface area contributed by atoms with Crippen molar-refractivity contribution in [1.82, 2.24) is 15.5 Å². The zero-order chi connectivity index (χ0) is 15.6. The van der Waals surface area contributed by atoms with Crippen LogP contribution in [0.25, 0.3) is 0 Å². The summed E-state index contributed by atoms with van der Waals surface area (Å²) in [6.07, 6.45) is 12.4. The Morgan fingerprint density at radius 1 is 1.22 bits per heavy atom. The van der Waals surface area contributed by atoms with Crippen LogP contribution in [0.1, 0.15) is 39.0 Å². The second-order valence-electron chi connectivity index (χ2n) is 7.68. The Labute approximate surface area is 140 Å². The predicted molar refractivity (Wildman–Crippen MR) is 93.0 cm³/mol. The van der Waals surface area contributed by atoms with Crippen molar-refractivity contribution < 1.29 is 4.74 Å². The zero-order valence-corrected chi connectivity index (χ0v) is 14.4. The van der Waals surface area contributed by atoms with Crippen LogP contribution in [0.4, 0.5) is 0 Å². The molecular formula is C19H31N3O. The second-order valence-corrected chi connectivity index (χ2v) is 7.68. The van der Waals surface area contributed by atoms with Crippen LogP contribution in [0.3, 0.4) is 0 Å². The van der Waals surface area contributed by atoms with Crippen LogP contribution in [0.5, 0.6) is 0 Å². The van der Waals surface area contributed by atoms with Gasteiger partial charge >= 0.3 is 0 Å². The van der Waals surface area contributed by atoms with Crippen molar-refractivity contribution >= 4 is 0 Å². The largest absolute Gasteiger partial charge is 0.379 e. The number of ether oxygens (including phenoxy) is 1. The van der Waals surface area contributed by atoms with Gasteiger partial charge < -0.3 is 10.1 Å². The molecule has 0 saturated carbocycles. The van der Waals surface area contributed by atoms with Crippen molar-refractivity contribution in [2.45, 2.75) is 51.4 Å². The highest BCUT2D eigenvalue weighted by atomic mass is 16.5. The first-order chi connectivity index (χ1) is 11.3. The smallest absolute Gasteiger partial charge is 0.0649 e. The van der Waals surface area contributed by atoms with Crippen molar-refractivity contribution in [2.24, 2.45) is 11.8 Å². The van der Waals surface area contributed by atoms with E-state index in [4.69, 9.17) is 4.74 Å². The molecule has 3 unspecified atom stereocenters. The molecule has 2 N–H and O–H groups in total. The average Bonchev–Trinajstić information content (AvgIpc) is 3.36. The average molecular weight is 317 g/mol. The van der Waals surface area contributed by atoms with E-state index in [1.165, 1.54) is 32.1 Å². The maximum Gasteiger partial charge on any atom is 0.0649 e. The van der Waals surface area contributed by atoms with E-state index < -0.39 is 0 Å². The van der Waals surface area contributed by atoms with Crippen LogP contribution >= 0.6 is 0 Å². The fraction of sp³-hybridized carbons (Fsp3) is 0.789. The lowest BCUT2D eigenvalue weighted by molar-refractivity contribution is -0.0195. The molecule has 2 aliphatic carbocycles. The van der Waals surface area contributed by atoms with E-state index in [9.17, 15) is 0 Å². The summed E-state index contributed by atoms with van der Waals surface area (Å²) in [7, 11) is 0. The highest BCUT2D eigenvalue weighted by molar-refractivity contribution is 5.40. The Bertz CT molecular complexity index is 481. The molecule has 0 spiro atoms. The summed E-state index contributed by atoms with van der Waals surface area (Å²) < 4.78 is 5.50. The summed E-state index contributed by atoms with van der Waals surface area (Å²) in [6, 6.07) is 0. The summed E-state index contributed by atoms with van der Waals surface area (Å²) >= 11 is 0. The number of hydrogen-bond acceptors (Lipinski definition) is 4. The molecule has 0 aromatic rings. The van der Waals surface area contributed by atoms with Crippen LogP contribution in [0.15, 0.2) is 23.3 Å². The van der Waals surface area contributed by atoms with E-state index in [1.54, 1.807) is 11.1 Å². The quantitative estimate of drug-likeness (QED) is 0.763. The summed E-state index contributed by atoms with van der Waals surface area (Å²) in [5, 5.41) is 7.55. The van der Waals surface area contributed by atoms with Gasteiger partial charge in [-0.25, -0.2) is 0 Å². The molecule has 2 heterocycles. The Hall–Kier alpha value is -0.680. The Balaban J connectivity index is 1.23. The highest BCUT2D eigenvalue weighted by Crippen LogP contribution is 2.41. The Morgan fingerprint density at radius 3 is 2.91 bits per heavy atom. The molecule has 2 aliphatic heterocycles. The number of allylic oxidation sites excluding steroid dienone is 4. The van der Waals surface area contributed by atoms with Gasteiger partial charge in [0.25, 0.3) is 0 Å². The van der Waals surface area contributed by atoms with Crippen LogP contribution < -0.4 is 10.6 Å². The van der Waals surface area contributed by atoms with Crippen molar-refractivity contribution in [1.29, 1.82) is 0 Å². The van der Waals surface area contributed by atoms with E-state index in [1.807, 2.05) is 0 Å². The number of morpholine rings is 1. The first-order valence-electron chi connectivity index (χ1n) is 9.51. The lowest BCUT2D eigenvalue weighted by atomic mass is 9.94. The molecule has 23 heavy (non-hydrogen) atoms. The van der Waals surface area contributed by atoms with Crippen LogP contribution in [0, 0.1) is 11.8 Å². The van der Waals surface area contributed by atoms with Gasteiger partial charge in [-0.15, -0.1) is 0 Å².